The van der Waals surface area contributed by atoms with Crippen LogP contribution in [-0.4, -0.2) is 50.0 Å². The van der Waals surface area contributed by atoms with Gasteiger partial charge in [-0.2, -0.15) is 5.26 Å². The van der Waals surface area contributed by atoms with Crippen LogP contribution in [0.15, 0.2) is 39.9 Å². The van der Waals surface area contributed by atoms with Crippen LogP contribution in [0.25, 0.3) is 10.9 Å². The second kappa shape index (κ2) is 10.2. The van der Waals surface area contributed by atoms with Crippen molar-refractivity contribution in [2.75, 3.05) is 18.4 Å². The van der Waals surface area contributed by atoms with Gasteiger partial charge in [0.05, 0.1) is 34.3 Å². The number of piperidine rings is 1. The average molecular weight is 559 g/mol. The van der Waals surface area contributed by atoms with Gasteiger partial charge in [0, 0.05) is 43.9 Å². The number of nitrogens with one attached hydrogen (secondary N) is 1. The van der Waals surface area contributed by atoms with Crippen molar-refractivity contribution < 1.29 is 14.0 Å². The molecule has 212 valence electrons. The van der Waals surface area contributed by atoms with Gasteiger partial charge in [-0.25, -0.2) is 14.0 Å². The summed E-state index contributed by atoms with van der Waals surface area (Å²) in [5, 5.41) is 12.0. The average Bonchev–Trinajstić information content (AvgIpc) is 3.72. The summed E-state index contributed by atoms with van der Waals surface area (Å²) in [6.07, 6.45) is 3.30. The highest BCUT2D eigenvalue weighted by atomic mass is 19.1. The Balaban J connectivity index is 1.25. The van der Waals surface area contributed by atoms with Gasteiger partial charge in [-0.3, -0.25) is 18.7 Å². The highest BCUT2D eigenvalue weighted by Crippen LogP contribution is 2.31. The van der Waals surface area contributed by atoms with E-state index in [9.17, 15) is 24.4 Å². The molecule has 3 aromatic rings. The number of likely N-dealkylation sites (tertiary alicyclic amines) is 1. The van der Waals surface area contributed by atoms with Gasteiger partial charge in [0.15, 0.2) is 0 Å². The van der Waals surface area contributed by atoms with E-state index in [0.29, 0.717) is 43.6 Å². The van der Waals surface area contributed by atoms with Crippen molar-refractivity contribution in [2.24, 2.45) is 5.92 Å². The van der Waals surface area contributed by atoms with Crippen molar-refractivity contribution in [3.8, 4) is 6.07 Å². The third-order valence-electron chi connectivity index (χ3n) is 8.34. The number of urea groups is 1. The molecule has 2 fully saturated rings. The molecule has 3 heterocycles. The Morgan fingerprint density at radius 3 is 2.63 bits per heavy atom. The fourth-order valence-corrected chi connectivity index (χ4v) is 6.01. The number of hydrogen-bond donors (Lipinski definition) is 1. The minimum Gasteiger partial charge on any atom is -0.330 e. The van der Waals surface area contributed by atoms with Gasteiger partial charge < -0.3 is 15.1 Å². The van der Waals surface area contributed by atoms with Gasteiger partial charge in [-0.05, 0) is 75.3 Å². The molecule has 3 amide bonds. The third-order valence-corrected chi connectivity index (χ3v) is 8.34. The Labute approximate surface area is 235 Å². The number of rotatable bonds is 5. The summed E-state index contributed by atoms with van der Waals surface area (Å²) >= 11 is 0. The Bertz CT molecular complexity index is 1750. The molecule has 2 aromatic carbocycles. The summed E-state index contributed by atoms with van der Waals surface area (Å²) in [7, 11) is 0. The van der Waals surface area contributed by atoms with Gasteiger partial charge >= 0.3 is 11.7 Å². The number of nitriles is 1. The zero-order valence-corrected chi connectivity index (χ0v) is 23.0. The Morgan fingerprint density at radius 2 is 1.93 bits per heavy atom. The number of benzene rings is 2. The molecule has 11 heteroatoms. The SMILES string of the molecule is CC(C)n1c(=O)n(CC2CC2)c(=O)c2cc(NC(=O)N3CCC[C@@H](N4Cc5cc(C#N)ccc5C4=O)C3)c(F)cc21. The maximum atomic E-state index is 15.3. The van der Waals surface area contributed by atoms with Crippen LogP contribution in [0.1, 0.15) is 67.1 Å². The molecule has 1 saturated heterocycles. The molecular formula is C30H31FN6O4. The van der Waals surface area contributed by atoms with E-state index < -0.39 is 23.1 Å². The molecule has 41 heavy (non-hydrogen) atoms. The van der Waals surface area contributed by atoms with Crippen molar-refractivity contribution in [1.82, 2.24) is 18.9 Å². The predicted octanol–water partition coefficient (Wildman–Crippen LogP) is 3.82. The molecule has 1 aromatic heterocycles. The molecule has 0 bridgehead atoms. The minimum atomic E-state index is -0.744. The fraction of sp³-hybridized carbons (Fsp3) is 0.433. The zero-order valence-electron chi connectivity index (χ0n) is 23.0. The van der Waals surface area contributed by atoms with Crippen molar-refractivity contribution >= 4 is 28.5 Å². The van der Waals surface area contributed by atoms with Gasteiger partial charge in [0.25, 0.3) is 11.5 Å². The van der Waals surface area contributed by atoms with Crippen LogP contribution >= 0.6 is 0 Å². The number of amides is 3. The minimum absolute atomic E-state index is 0.129. The summed E-state index contributed by atoms with van der Waals surface area (Å²) < 4.78 is 18.0. The molecule has 1 atom stereocenters. The first-order chi connectivity index (χ1) is 19.7. The van der Waals surface area contributed by atoms with Crippen LogP contribution in [0, 0.1) is 23.1 Å². The van der Waals surface area contributed by atoms with Crippen LogP contribution in [0.2, 0.25) is 0 Å². The molecule has 0 spiro atoms. The number of nitrogens with zero attached hydrogens (tertiary/aromatic N) is 5. The number of carbonyl (C=O) groups is 2. The van der Waals surface area contributed by atoms with Gasteiger partial charge in [0.2, 0.25) is 0 Å². The molecule has 1 aliphatic carbocycles. The molecule has 2 aliphatic heterocycles. The zero-order chi connectivity index (χ0) is 29.0. The van der Waals surface area contributed by atoms with E-state index in [4.69, 9.17) is 0 Å². The summed E-state index contributed by atoms with van der Waals surface area (Å²) in [6.45, 7) is 5.01. The van der Waals surface area contributed by atoms with Crippen molar-refractivity contribution in [3.63, 3.8) is 0 Å². The maximum absolute atomic E-state index is 15.3. The van der Waals surface area contributed by atoms with E-state index in [1.165, 1.54) is 15.2 Å². The topological polar surface area (TPSA) is 120 Å². The Kier molecular flexibility index (Phi) is 6.64. The van der Waals surface area contributed by atoms with Crippen molar-refractivity contribution in [3.05, 3.63) is 73.7 Å². The second-order valence-electron chi connectivity index (χ2n) is 11.5. The normalized spacial score (nSPS) is 18.6. The molecule has 3 aliphatic rings. The standard InChI is InChI=1S/C30H31FN6O4/c1-17(2)37-26-12-24(31)25(11-23(26)28(39)36(30(37)41)14-18-5-6-18)33-29(40)34-9-3-4-21(16-34)35-15-20-10-19(13-32)7-8-22(20)27(35)38/h7-8,10-12,17-18,21H,3-6,9,14-16H2,1-2H3,(H,33,40)/t21-/m1/s1. The lowest BCUT2D eigenvalue weighted by Gasteiger charge is -2.37. The van der Waals surface area contributed by atoms with Crippen molar-refractivity contribution in [2.45, 2.75) is 64.7 Å². The monoisotopic (exact) mass is 558 g/mol. The van der Waals surface area contributed by atoms with Gasteiger partial charge in [-0.15, -0.1) is 0 Å². The quantitative estimate of drug-likeness (QED) is 0.511. The first-order valence-corrected chi connectivity index (χ1v) is 14.0. The number of anilines is 1. The number of carbonyl (C=O) groups excluding carboxylic acids is 2. The maximum Gasteiger partial charge on any atom is 0.331 e. The van der Waals surface area contributed by atoms with E-state index >= 15 is 4.39 Å². The van der Waals surface area contributed by atoms with E-state index in [1.807, 2.05) is 0 Å². The molecule has 0 radical (unpaired) electrons. The van der Waals surface area contributed by atoms with Crippen LogP contribution in [0.3, 0.4) is 0 Å². The van der Waals surface area contributed by atoms with E-state index in [-0.39, 0.29) is 47.0 Å². The van der Waals surface area contributed by atoms with Crippen LogP contribution in [-0.2, 0) is 13.1 Å². The highest BCUT2D eigenvalue weighted by molar-refractivity contribution is 5.99. The van der Waals surface area contributed by atoms with Gasteiger partial charge in [0.1, 0.15) is 5.82 Å². The lowest BCUT2D eigenvalue weighted by Crippen LogP contribution is -2.51. The molecular weight excluding hydrogens is 527 g/mol. The first kappa shape index (κ1) is 26.7. The molecule has 6 rings (SSSR count). The largest absolute Gasteiger partial charge is 0.331 e. The summed E-state index contributed by atoms with van der Waals surface area (Å²) in [5.74, 6) is -0.587. The Hall–Kier alpha value is -4.46. The van der Waals surface area contributed by atoms with Crippen LogP contribution in [0.5, 0.6) is 0 Å². The second-order valence-corrected chi connectivity index (χ2v) is 11.5. The van der Waals surface area contributed by atoms with Gasteiger partial charge in [-0.1, -0.05) is 0 Å². The number of hydrogen-bond acceptors (Lipinski definition) is 5. The molecule has 10 nitrogen and oxygen atoms in total. The molecule has 1 N–H and O–H groups in total. The summed E-state index contributed by atoms with van der Waals surface area (Å²) in [4.78, 5) is 56.1. The fourth-order valence-electron chi connectivity index (χ4n) is 6.01. The number of aromatic nitrogens is 2. The van der Waals surface area contributed by atoms with Crippen molar-refractivity contribution in [1.29, 1.82) is 5.26 Å². The lowest BCUT2D eigenvalue weighted by molar-refractivity contribution is 0.0608. The third kappa shape index (κ3) is 4.77. The summed E-state index contributed by atoms with van der Waals surface area (Å²) in [6, 6.07) is 8.52. The number of fused-ring (bicyclic) bond motifs is 2. The Morgan fingerprint density at radius 1 is 1.15 bits per heavy atom. The van der Waals surface area contributed by atoms with Crippen LogP contribution in [0.4, 0.5) is 14.9 Å². The highest BCUT2D eigenvalue weighted by Gasteiger charge is 2.36. The van der Waals surface area contributed by atoms with Crippen LogP contribution < -0.4 is 16.6 Å². The molecule has 1 saturated carbocycles. The van der Waals surface area contributed by atoms with E-state index in [0.717, 1.165) is 24.5 Å². The van der Waals surface area contributed by atoms with E-state index in [2.05, 4.69) is 11.4 Å². The summed E-state index contributed by atoms with van der Waals surface area (Å²) in [5.41, 5.74) is 0.961. The first-order valence-electron chi connectivity index (χ1n) is 14.0. The smallest absolute Gasteiger partial charge is 0.330 e. The lowest BCUT2D eigenvalue weighted by atomic mass is 10.0. The molecule has 0 unspecified atom stereocenters. The van der Waals surface area contributed by atoms with E-state index in [1.54, 1.807) is 41.8 Å². The number of halogens is 1. The predicted molar refractivity (Wildman–Crippen MR) is 150 cm³/mol.